The van der Waals surface area contributed by atoms with Crippen molar-refractivity contribution < 1.29 is 22.7 Å². The van der Waals surface area contributed by atoms with Gasteiger partial charge in [0, 0.05) is 25.0 Å². The minimum atomic E-state index is -3.97. The van der Waals surface area contributed by atoms with Gasteiger partial charge in [-0.3, -0.25) is 4.79 Å². The molecule has 0 aliphatic carbocycles. The van der Waals surface area contributed by atoms with E-state index in [1.54, 1.807) is 52.3 Å². The summed E-state index contributed by atoms with van der Waals surface area (Å²) in [5.41, 5.74) is 1.32. The minimum absolute atomic E-state index is 0.0660. The van der Waals surface area contributed by atoms with Gasteiger partial charge in [0.05, 0.1) is 23.3 Å². The van der Waals surface area contributed by atoms with Gasteiger partial charge in [-0.1, -0.05) is 18.2 Å². The Kier molecular flexibility index (Phi) is 5.34. The highest BCUT2D eigenvalue weighted by atomic mass is 32.2. The second-order valence-corrected chi connectivity index (χ2v) is 9.12. The van der Waals surface area contributed by atoms with E-state index in [1.807, 2.05) is 0 Å². The van der Waals surface area contributed by atoms with Crippen molar-refractivity contribution in [3.8, 4) is 0 Å². The number of piperidine rings is 1. The molecule has 2 aromatic rings. The number of ether oxygens (including phenoxy) is 1. The Morgan fingerprint density at radius 3 is 2.43 bits per heavy atom. The number of nitrogens with zero attached hydrogens (tertiary/aromatic N) is 2. The molecule has 1 saturated heterocycles. The van der Waals surface area contributed by atoms with Crippen LogP contribution in [0.4, 0.5) is 11.4 Å². The van der Waals surface area contributed by atoms with E-state index >= 15 is 0 Å². The Morgan fingerprint density at radius 1 is 0.967 bits per heavy atom. The van der Waals surface area contributed by atoms with Crippen molar-refractivity contribution in [3.63, 3.8) is 0 Å². The number of carbonyl (C=O) groups is 2. The van der Waals surface area contributed by atoms with Crippen LogP contribution in [0.3, 0.4) is 0 Å². The van der Waals surface area contributed by atoms with Crippen molar-refractivity contribution >= 4 is 33.1 Å². The fourth-order valence-corrected chi connectivity index (χ4v) is 5.33. The van der Waals surface area contributed by atoms with E-state index in [-0.39, 0.29) is 9.80 Å². The highest BCUT2D eigenvalue weighted by Crippen LogP contribution is 2.40. The molecule has 1 amide bonds. The number of fused-ring (bicyclic) bond motifs is 1. The molecule has 0 radical (unpaired) electrons. The summed E-state index contributed by atoms with van der Waals surface area (Å²) in [5.74, 6) is -0.985. The summed E-state index contributed by atoms with van der Waals surface area (Å²) in [4.78, 5) is 28.2. The van der Waals surface area contributed by atoms with Gasteiger partial charge >= 0.3 is 5.97 Å². The summed E-state index contributed by atoms with van der Waals surface area (Å²) < 4.78 is 31.3. The fourth-order valence-electron chi connectivity index (χ4n) is 3.80. The van der Waals surface area contributed by atoms with Crippen LogP contribution < -0.4 is 4.90 Å². The van der Waals surface area contributed by atoms with Crippen molar-refractivity contribution in [3.05, 3.63) is 65.2 Å². The third-order valence-corrected chi connectivity index (χ3v) is 7.13. The number of esters is 1. The zero-order valence-corrected chi connectivity index (χ0v) is 17.4. The molecule has 1 fully saturated rings. The number of anilines is 2. The van der Waals surface area contributed by atoms with Crippen LogP contribution >= 0.6 is 0 Å². The van der Waals surface area contributed by atoms with E-state index in [1.165, 1.54) is 19.4 Å². The lowest BCUT2D eigenvalue weighted by atomic mass is 10.1. The van der Waals surface area contributed by atoms with Crippen molar-refractivity contribution in [2.24, 2.45) is 0 Å². The largest absolute Gasteiger partial charge is 0.465 e. The lowest BCUT2D eigenvalue weighted by Gasteiger charge is -2.32. The van der Waals surface area contributed by atoms with E-state index in [2.05, 4.69) is 0 Å². The van der Waals surface area contributed by atoms with E-state index in [9.17, 15) is 18.0 Å². The van der Waals surface area contributed by atoms with E-state index in [0.717, 1.165) is 19.3 Å². The second kappa shape index (κ2) is 7.95. The van der Waals surface area contributed by atoms with Gasteiger partial charge in [0.1, 0.15) is 0 Å². The molecule has 0 saturated carbocycles. The van der Waals surface area contributed by atoms with Crippen LogP contribution in [0.15, 0.2) is 64.5 Å². The summed E-state index contributed by atoms with van der Waals surface area (Å²) in [7, 11) is -2.67. The standard InChI is InChI=1S/C22H22N2O5S/c1-29-22(26)16-8-7-9-17(14-16)24-15-20(21(25)23-12-5-2-6-13-23)30(27,28)19-11-4-3-10-18(19)24/h3-4,7-11,14-15H,2,5-6,12-13H2,1H3. The van der Waals surface area contributed by atoms with Gasteiger partial charge in [-0.2, -0.15) is 0 Å². The molecule has 0 unspecified atom stereocenters. The lowest BCUT2D eigenvalue weighted by molar-refractivity contribution is -0.127. The molecule has 0 atom stereocenters. The van der Waals surface area contributed by atoms with Crippen molar-refractivity contribution in [2.75, 3.05) is 25.1 Å². The molecule has 2 aliphatic heterocycles. The maximum Gasteiger partial charge on any atom is 0.337 e. The van der Waals surface area contributed by atoms with E-state index < -0.39 is 21.7 Å². The molecular weight excluding hydrogens is 404 g/mol. The summed E-state index contributed by atoms with van der Waals surface area (Å²) >= 11 is 0. The molecule has 2 aliphatic rings. The Hall–Kier alpha value is -3.13. The predicted octanol–water partition coefficient (Wildman–Crippen LogP) is 3.25. The van der Waals surface area contributed by atoms with E-state index in [0.29, 0.717) is 30.0 Å². The third-order valence-electron chi connectivity index (χ3n) is 5.35. The van der Waals surface area contributed by atoms with Crippen LogP contribution in [0.25, 0.3) is 0 Å². The van der Waals surface area contributed by atoms with Crippen LogP contribution in [-0.2, 0) is 19.4 Å². The van der Waals surface area contributed by atoms with Crippen LogP contribution in [0, 0.1) is 0 Å². The van der Waals surface area contributed by atoms with E-state index in [4.69, 9.17) is 4.74 Å². The van der Waals surface area contributed by atoms with Crippen molar-refractivity contribution in [1.82, 2.24) is 4.90 Å². The average molecular weight is 426 g/mol. The highest BCUT2D eigenvalue weighted by Gasteiger charge is 2.37. The molecule has 30 heavy (non-hydrogen) atoms. The highest BCUT2D eigenvalue weighted by molar-refractivity contribution is 7.96. The summed E-state index contributed by atoms with van der Waals surface area (Å²) in [6, 6.07) is 13.2. The average Bonchev–Trinajstić information content (AvgIpc) is 2.79. The number of rotatable bonds is 3. The first-order valence-corrected chi connectivity index (χ1v) is 11.2. The van der Waals surface area contributed by atoms with Gasteiger partial charge < -0.3 is 14.5 Å². The minimum Gasteiger partial charge on any atom is -0.465 e. The Bertz CT molecular complexity index is 1130. The van der Waals surface area contributed by atoms with Gasteiger partial charge in [0.15, 0.2) is 4.91 Å². The molecular formula is C22H22N2O5S. The molecule has 0 aromatic heterocycles. The molecule has 2 heterocycles. The zero-order valence-electron chi connectivity index (χ0n) is 16.6. The third kappa shape index (κ3) is 3.47. The maximum absolute atomic E-state index is 13.3. The van der Waals surface area contributed by atoms with Gasteiger partial charge in [0.2, 0.25) is 9.84 Å². The number of methoxy groups -OCH3 is 1. The molecule has 7 nitrogen and oxygen atoms in total. The summed E-state index contributed by atoms with van der Waals surface area (Å²) in [5, 5.41) is 0. The number of hydrogen-bond acceptors (Lipinski definition) is 6. The molecule has 0 N–H and O–H groups in total. The van der Waals surface area contributed by atoms with Crippen LogP contribution in [0.1, 0.15) is 29.6 Å². The number of sulfone groups is 1. The van der Waals surface area contributed by atoms with Gasteiger partial charge in [-0.05, 0) is 49.6 Å². The zero-order chi connectivity index (χ0) is 21.3. The molecule has 156 valence electrons. The fraction of sp³-hybridized carbons (Fsp3) is 0.273. The number of likely N-dealkylation sites (tertiary alicyclic amines) is 1. The van der Waals surface area contributed by atoms with Gasteiger partial charge in [-0.25, -0.2) is 13.2 Å². The first kappa shape index (κ1) is 20.2. The number of para-hydroxylation sites is 1. The summed E-state index contributed by atoms with van der Waals surface area (Å²) in [6.45, 7) is 1.09. The quantitative estimate of drug-likeness (QED) is 0.701. The smallest absolute Gasteiger partial charge is 0.337 e. The summed E-state index contributed by atoms with van der Waals surface area (Å²) in [6.07, 6.45) is 4.12. The first-order valence-electron chi connectivity index (χ1n) is 9.76. The van der Waals surface area contributed by atoms with Crippen molar-refractivity contribution in [1.29, 1.82) is 0 Å². The second-order valence-electron chi connectivity index (χ2n) is 7.23. The molecule has 4 rings (SSSR count). The Balaban J connectivity index is 1.84. The van der Waals surface area contributed by atoms with Gasteiger partial charge in [-0.15, -0.1) is 0 Å². The number of carbonyl (C=O) groups excluding carboxylic acids is 2. The van der Waals surface area contributed by atoms with Crippen LogP contribution in [0.5, 0.6) is 0 Å². The number of hydrogen-bond donors (Lipinski definition) is 0. The van der Waals surface area contributed by atoms with Crippen molar-refractivity contribution in [2.45, 2.75) is 24.2 Å². The molecule has 0 bridgehead atoms. The predicted molar refractivity (Wildman–Crippen MR) is 112 cm³/mol. The molecule has 0 spiro atoms. The first-order chi connectivity index (χ1) is 14.4. The van der Waals surface area contributed by atoms with Crippen LogP contribution in [-0.4, -0.2) is 45.4 Å². The molecule has 8 heteroatoms. The van der Waals surface area contributed by atoms with Crippen LogP contribution in [0.2, 0.25) is 0 Å². The topological polar surface area (TPSA) is 84.0 Å². The SMILES string of the molecule is COC(=O)c1cccc(N2C=C(C(=O)N3CCCCC3)S(=O)(=O)c3ccccc32)c1. The Morgan fingerprint density at radius 2 is 1.70 bits per heavy atom. The molecule has 2 aromatic carbocycles. The number of benzene rings is 2. The maximum atomic E-state index is 13.3. The van der Waals surface area contributed by atoms with Gasteiger partial charge in [0.25, 0.3) is 5.91 Å². The monoisotopic (exact) mass is 426 g/mol. The normalized spacial score (nSPS) is 17.7. The lowest BCUT2D eigenvalue weighted by Crippen LogP contribution is -2.39. The Labute approximate surface area is 175 Å². The number of amides is 1.